The van der Waals surface area contributed by atoms with E-state index < -0.39 is 0 Å². The van der Waals surface area contributed by atoms with Crippen molar-refractivity contribution in [3.63, 3.8) is 0 Å². The predicted molar refractivity (Wildman–Crippen MR) is 60.1 cm³/mol. The van der Waals surface area contributed by atoms with Crippen molar-refractivity contribution in [2.24, 2.45) is 35.5 Å². The molecule has 5 aliphatic rings. The quantitative estimate of drug-likeness (QED) is 0.385. The fourth-order valence-corrected chi connectivity index (χ4v) is 4.78. The summed E-state index contributed by atoms with van der Waals surface area (Å²) in [4.78, 5) is 24.1. The number of carbonyl (C=O) groups is 2. The van der Waals surface area contributed by atoms with Crippen molar-refractivity contribution in [1.29, 1.82) is 0 Å². The van der Waals surface area contributed by atoms with Gasteiger partial charge in [0.1, 0.15) is 0 Å². The first-order chi connectivity index (χ1) is 7.70. The zero-order chi connectivity index (χ0) is 11.0. The number of nitrogens with zero attached hydrogens (tertiary/aromatic N) is 1. The summed E-state index contributed by atoms with van der Waals surface area (Å²) in [6, 6.07) is 0. The van der Waals surface area contributed by atoms with E-state index >= 15 is 0 Å². The number of halogens is 1. The van der Waals surface area contributed by atoms with Crippen molar-refractivity contribution in [2.75, 3.05) is 0 Å². The molecule has 16 heavy (non-hydrogen) atoms. The molecule has 0 N–H and O–H groups in total. The van der Waals surface area contributed by atoms with Gasteiger partial charge in [-0.2, -0.15) is 0 Å². The third-order valence-corrected chi connectivity index (χ3v) is 5.80. The minimum atomic E-state index is -0.0663. The Morgan fingerprint density at radius 2 is 1.44 bits per heavy atom. The monoisotopic (exact) mass is 281 g/mol. The molecule has 84 valence electrons. The molecule has 1 heterocycles. The van der Waals surface area contributed by atoms with Crippen molar-refractivity contribution in [2.45, 2.75) is 12.8 Å². The second-order valence-electron chi connectivity index (χ2n) is 5.45. The summed E-state index contributed by atoms with van der Waals surface area (Å²) >= 11 is 3.11. The molecule has 0 radical (unpaired) electrons. The molecule has 4 aliphatic carbocycles. The molecule has 2 amide bonds. The number of hydrogen-bond acceptors (Lipinski definition) is 2. The Morgan fingerprint density at radius 3 is 1.81 bits per heavy atom. The summed E-state index contributed by atoms with van der Waals surface area (Å²) in [5, 5.41) is 0. The molecule has 6 unspecified atom stereocenters. The first-order valence-corrected chi connectivity index (χ1v) is 6.63. The lowest BCUT2D eigenvalue weighted by atomic mass is 9.47. The zero-order valence-electron chi connectivity index (χ0n) is 8.67. The van der Waals surface area contributed by atoms with Gasteiger partial charge in [0.25, 0.3) is 0 Å². The molecule has 1 saturated heterocycles. The summed E-state index contributed by atoms with van der Waals surface area (Å²) in [6.07, 6.45) is 6.87. The van der Waals surface area contributed by atoms with Gasteiger partial charge >= 0.3 is 0 Å². The van der Waals surface area contributed by atoms with Crippen molar-refractivity contribution >= 4 is 28.0 Å². The van der Waals surface area contributed by atoms with Crippen LogP contribution in [0.5, 0.6) is 0 Å². The number of allylic oxidation sites excluding steroid dienone is 2. The molecule has 5 rings (SSSR count). The minimum absolute atomic E-state index is 0.0142. The number of amides is 2. The standard InChI is InChI=1S/C12H12BrNO2/c13-14-11(15)9-7-3-4-8(10(9)12(14)16)6-2-1-5(6)7/h3-10H,1-2H2. The maximum Gasteiger partial charge on any atom is 0.243 e. The summed E-state index contributed by atoms with van der Waals surface area (Å²) in [5.74, 6) is 1.84. The van der Waals surface area contributed by atoms with Gasteiger partial charge in [-0.3, -0.25) is 9.59 Å². The maximum absolute atomic E-state index is 12.0. The largest absolute Gasteiger partial charge is 0.273 e. The van der Waals surface area contributed by atoms with Crippen LogP contribution in [-0.2, 0) is 9.59 Å². The molecule has 2 saturated carbocycles. The topological polar surface area (TPSA) is 37.4 Å². The van der Waals surface area contributed by atoms with Crippen LogP contribution in [0.3, 0.4) is 0 Å². The number of imide groups is 1. The van der Waals surface area contributed by atoms with E-state index in [1.165, 1.54) is 16.8 Å². The lowest BCUT2D eigenvalue weighted by molar-refractivity contribution is -0.134. The van der Waals surface area contributed by atoms with Gasteiger partial charge < -0.3 is 0 Å². The SMILES string of the molecule is O=C1C2C3C=CC(C4CCC34)C2C(=O)N1Br. The molecule has 2 bridgehead atoms. The molecular formula is C12H12BrNO2. The van der Waals surface area contributed by atoms with E-state index in [1.807, 2.05) is 0 Å². The van der Waals surface area contributed by atoms with Crippen LogP contribution in [0.1, 0.15) is 12.8 Å². The van der Waals surface area contributed by atoms with E-state index in [-0.39, 0.29) is 23.7 Å². The van der Waals surface area contributed by atoms with E-state index in [0.29, 0.717) is 23.7 Å². The molecule has 0 spiro atoms. The smallest absolute Gasteiger partial charge is 0.243 e. The third kappa shape index (κ3) is 0.838. The van der Waals surface area contributed by atoms with Crippen LogP contribution < -0.4 is 0 Å². The molecule has 0 aromatic rings. The lowest BCUT2D eigenvalue weighted by Crippen LogP contribution is -2.53. The Morgan fingerprint density at radius 1 is 1.00 bits per heavy atom. The highest BCUT2D eigenvalue weighted by molar-refractivity contribution is 9.08. The van der Waals surface area contributed by atoms with Crippen LogP contribution in [0.2, 0.25) is 0 Å². The highest BCUT2D eigenvalue weighted by atomic mass is 79.9. The van der Waals surface area contributed by atoms with Gasteiger partial charge in [0, 0.05) is 0 Å². The number of hydrogen-bond donors (Lipinski definition) is 0. The van der Waals surface area contributed by atoms with Gasteiger partial charge in [-0.25, -0.2) is 3.93 Å². The van der Waals surface area contributed by atoms with Gasteiger partial charge in [-0.05, 0) is 36.5 Å². The highest BCUT2D eigenvalue weighted by Crippen LogP contribution is 2.61. The van der Waals surface area contributed by atoms with Crippen LogP contribution in [0.25, 0.3) is 0 Å². The van der Waals surface area contributed by atoms with Gasteiger partial charge in [0.15, 0.2) is 0 Å². The molecule has 6 atom stereocenters. The number of carbonyl (C=O) groups excluding carboxylic acids is 2. The summed E-state index contributed by atoms with van der Waals surface area (Å²) < 4.78 is 1.18. The van der Waals surface area contributed by atoms with Crippen LogP contribution in [-0.4, -0.2) is 15.7 Å². The van der Waals surface area contributed by atoms with Crippen molar-refractivity contribution in [1.82, 2.24) is 3.93 Å². The maximum atomic E-state index is 12.0. The number of rotatable bonds is 0. The van der Waals surface area contributed by atoms with Gasteiger partial charge in [0.2, 0.25) is 11.8 Å². The Hall–Kier alpha value is -0.640. The second kappa shape index (κ2) is 2.78. The van der Waals surface area contributed by atoms with E-state index in [1.54, 1.807) is 0 Å². The van der Waals surface area contributed by atoms with Crippen LogP contribution in [0, 0.1) is 35.5 Å². The summed E-state index contributed by atoms with van der Waals surface area (Å²) in [5.41, 5.74) is 0. The van der Waals surface area contributed by atoms with Crippen LogP contribution in [0.15, 0.2) is 12.2 Å². The molecule has 3 fully saturated rings. The normalized spacial score (nSPS) is 52.7. The Bertz CT molecular complexity index is 395. The average molecular weight is 282 g/mol. The lowest BCUT2D eigenvalue weighted by Gasteiger charge is -2.55. The van der Waals surface area contributed by atoms with Gasteiger partial charge in [-0.1, -0.05) is 12.2 Å². The third-order valence-electron chi connectivity index (χ3n) is 5.10. The van der Waals surface area contributed by atoms with E-state index in [4.69, 9.17) is 0 Å². The van der Waals surface area contributed by atoms with E-state index in [0.717, 1.165) is 0 Å². The highest BCUT2D eigenvalue weighted by Gasteiger charge is 2.63. The molecule has 1 aliphatic heterocycles. The molecular weight excluding hydrogens is 270 g/mol. The van der Waals surface area contributed by atoms with Crippen molar-refractivity contribution < 1.29 is 9.59 Å². The minimum Gasteiger partial charge on any atom is -0.273 e. The van der Waals surface area contributed by atoms with E-state index in [2.05, 4.69) is 28.3 Å². The zero-order valence-corrected chi connectivity index (χ0v) is 10.3. The van der Waals surface area contributed by atoms with Crippen LogP contribution in [0.4, 0.5) is 0 Å². The van der Waals surface area contributed by atoms with E-state index in [9.17, 15) is 9.59 Å². The Labute approximate surface area is 102 Å². The van der Waals surface area contributed by atoms with Gasteiger partial charge in [-0.15, -0.1) is 0 Å². The fourth-order valence-electron chi connectivity index (χ4n) is 4.31. The molecule has 3 nitrogen and oxygen atoms in total. The first kappa shape index (κ1) is 9.40. The summed E-state index contributed by atoms with van der Waals surface area (Å²) in [6.45, 7) is 0. The molecule has 4 heteroatoms. The van der Waals surface area contributed by atoms with Crippen molar-refractivity contribution in [3.05, 3.63) is 12.2 Å². The van der Waals surface area contributed by atoms with Gasteiger partial charge in [0.05, 0.1) is 28.0 Å². The van der Waals surface area contributed by atoms with Crippen molar-refractivity contribution in [3.8, 4) is 0 Å². The molecule has 0 aromatic carbocycles. The molecule has 0 aromatic heterocycles. The van der Waals surface area contributed by atoms with Crippen LogP contribution >= 0.6 is 16.1 Å². The fraction of sp³-hybridized carbons (Fsp3) is 0.667. The average Bonchev–Trinajstić information content (AvgIpc) is 2.45. The Balaban J connectivity index is 1.84. The Kier molecular flexibility index (Phi) is 1.63. The first-order valence-electron chi connectivity index (χ1n) is 5.92. The second-order valence-corrected chi connectivity index (χ2v) is 6.16. The predicted octanol–water partition coefficient (Wildman–Crippen LogP) is 1.74. The summed E-state index contributed by atoms with van der Waals surface area (Å²) in [7, 11) is 0.